The molecular weight excluding hydrogens is 204 g/mol. The molecule has 0 atom stereocenters. The van der Waals surface area contributed by atoms with Crippen molar-refractivity contribution < 1.29 is 4.74 Å². The summed E-state index contributed by atoms with van der Waals surface area (Å²) in [4.78, 5) is 3.95. The van der Waals surface area contributed by atoms with Crippen LogP contribution in [0.15, 0.2) is 23.1 Å². The van der Waals surface area contributed by atoms with Crippen molar-refractivity contribution in [2.24, 2.45) is 12.0 Å². The van der Waals surface area contributed by atoms with Crippen LogP contribution < -0.4 is 0 Å². The van der Waals surface area contributed by atoms with Crippen LogP contribution in [-0.4, -0.2) is 29.3 Å². The Morgan fingerprint density at radius 2 is 2.38 bits per heavy atom. The van der Waals surface area contributed by atoms with Gasteiger partial charge in [-0.05, 0) is 13.6 Å². The van der Waals surface area contributed by atoms with Crippen molar-refractivity contribution >= 4 is 18.1 Å². The van der Waals surface area contributed by atoms with Gasteiger partial charge in [-0.2, -0.15) is 5.10 Å². The summed E-state index contributed by atoms with van der Waals surface area (Å²) in [7, 11) is 3.40. The molecule has 1 heterocycles. The maximum atomic E-state index is 7.47. The number of nitrogens with zero attached hydrogens (tertiary/aromatic N) is 3. The topological polar surface area (TPSA) is 63.3 Å². The maximum absolute atomic E-state index is 7.47. The van der Waals surface area contributed by atoms with Gasteiger partial charge in [-0.1, -0.05) is 0 Å². The summed E-state index contributed by atoms with van der Waals surface area (Å²) in [6, 6.07) is 0. The van der Waals surface area contributed by atoms with E-state index in [1.807, 2.05) is 13.2 Å². The third-order valence-electron chi connectivity index (χ3n) is 2.07. The first-order chi connectivity index (χ1) is 7.58. The van der Waals surface area contributed by atoms with E-state index in [-0.39, 0.29) is 0 Å². The van der Waals surface area contributed by atoms with Gasteiger partial charge in [-0.15, -0.1) is 0 Å². The van der Waals surface area contributed by atoms with Gasteiger partial charge >= 0.3 is 0 Å². The normalized spacial score (nSPS) is 11.9. The number of ether oxygens (including phenoxy) is 1. The molecular formula is C11H16N4O. The van der Waals surface area contributed by atoms with Gasteiger partial charge in [0.1, 0.15) is 11.5 Å². The zero-order valence-electron chi connectivity index (χ0n) is 9.82. The molecule has 1 rings (SSSR count). The fourth-order valence-electron chi connectivity index (χ4n) is 1.38. The largest absolute Gasteiger partial charge is 0.498 e. The Balaban J connectivity index is 3.15. The summed E-state index contributed by atoms with van der Waals surface area (Å²) >= 11 is 0. The fourth-order valence-corrected chi connectivity index (χ4v) is 1.38. The third-order valence-corrected chi connectivity index (χ3v) is 2.07. The van der Waals surface area contributed by atoms with Crippen LogP contribution in [0.2, 0.25) is 0 Å². The van der Waals surface area contributed by atoms with E-state index in [0.29, 0.717) is 23.6 Å². The predicted octanol–water partition coefficient (Wildman–Crippen LogP) is 1.87. The van der Waals surface area contributed by atoms with E-state index >= 15 is 0 Å². The lowest BCUT2D eigenvalue weighted by atomic mass is 10.1. The number of nitrogens with one attached hydrogen (secondary N) is 1. The minimum atomic E-state index is 0.430. The van der Waals surface area contributed by atoms with Gasteiger partial charge in [-0.25, -0.2) is 0 Å². The van der Waals surface area contributed by atoms with Crippen LogP contribution in [-0.2, 0) is 11.8 Å². The number of hydrogen-bond acceptors (Lipinski definition) is 4. The van der Waals surface area contributed by atoms with Crippen molar-refractivity contribution in [3.63, 3.8) is 0 Å². The smallest absolute Gasteiger partial charge is 0.127 e. The summed E-state index contributed by atoms with van der Waals surface area (Å²) < 4.78 is 6.93. The summed E-state index contributed by atoms with van der Waals surface area (Å²) in [5, 5.41) is 11.5. The molecule has 0 aliphatic rings. The molecule has 0 saturated heterocycles. The van der Waals surface area contributed by atoms with E-state index in [2.05, 4.69) is 16.8 Å². The van der Waals surface area contributed by atoms with E-state index in [9.17, 15) is 0 Å². The molecule has 1 aromatic rings. The molecule has 0 aliphatic carbocycles. The van der Waals surface area contributed by atoms with Crippen molar-refractivity contribution in [2.45, 2.75) is 13.3 Å². The second-order valence-corrected chi connectivity index (χ2v) is 3.49. The molecule has 1 aromatic heterocycles. The minimum Gasteiger partial charge on any atom is -0.498 e. The van der Waals surface area contributed by atoms with Gasteiger partial charge < -0.3 is 10.1 Å². The molecule has 0 unspecified atom stereocenters. The first-order valence-corrected chi connectivity index (χ1v) is 4.85. The summed E-state index contributed by atoms with van der Waals surface area (Å²) in [5.41, 5.74) is 2.00. The molecule has 1 N–H and O–H groups in total. The van der Waals surface area contributed by atoms with Crippen molar-refractivity contribution in [3.05, 3.63) is 23.7 Å². The van der Waals surface area contributed by atoms with Crippen LogP contribution in [0.5, 0.6) is 0 Å². The minimum absolute atomic E-state index is 0.430. The number of hydrogen-bond donors (Lipinski definition) is 1. The molecule has 0 saturated carbocycles. The highest BCUT2D eigenvalue weighted by Gasteiger charge is 2.11. The molecule has 0 aromatic carbocycles. The maximum Gasteiger partial charge on any atom is 0.127 e. The lowest BCUT2D eigenvalue weighted by Gasteiger charge is -2.08. The first-order valence-electron chi connectivity index (χ1n) is 4.85. The Kier molecular flexibility index (Phi) is 3.99. The molecule has 0 aliphatic heterocycles. The molecule has 5 heteroatoms. The average Bonchev–Trinajstić information content (AvgIpc) is 2.64. The Labute approximate surface area is 95.0 Å². The highest BCUT2D eigenvalue weighted by molar-refractivity contribution is 5.83. The number of rotatable bonds is 5. The molecule has 0 radical (unpaired) electrons. The molecule has 0 fully saturated rings. The fraction of sp³-hybridized carbons (Fsp3) is 0.364. The van der Waals surface area contributed by atoms with Crippen LogP contribution in [0.1, 0.15) is 18.9 Å². The van der Waals surface area contributed by atoms with Crippen LogP contribution in [0.3, 0.4) is 0 Å². The molecule has 16 heavy (non-hydrogen) atoms. The van der Waals surface area contributed by atoms with Gasteiger partial charge in [0, 0.05) is 30.9 Å². The number of aliphatic imine (C=N–C) groups is 1. The van der Waals surface area contributed by atoms with E-state index in [4.69, 9.17) is 10.1 Å². The Bertz CT molecular complexity index is 431. The zero-order valence-corrected chi connectivity index (χ0v) is 9.82. The monoisotopic (exact) mass is 220 g/mol. The van der Waals surface area contributed by atoms with Gasteiger partial charge in [0.25, 0.3) is 0 Å². The number of allylic oxidation sites excluding steroid dienone is 1. The summed E-state index contributed by atoms with van der Waals surface area (Å²) in [6.45, 7) is 5.25. The van der Waals surface area contributed by atoms with Gasteiger partial charge in [0.05, 0.1) is 13.3 Å². The molecule has 0 amide bonds. The predicted molar refractivity (Wildman–Crippen MR) is 64.7 cm³/mol. The quantitative estimate of drug-likeness (QED) is 0.608. The average molecular weight is 220 g/mol. The summed E-state index contributed by atoms with van der Waals surface area (Å²) in [5.74, 6) is 0.635. The van der Waals surface area contributed by atoms with Crippen molar-refractivity contribution in [1.29, 1.82) is 5.41 Å². The Morgan fingerprint density at radius 3 is 2.75 bits per heavy atom. The van der Waals surface area contributed by atoms with E-state index < -0.39 is 0 Å². The first kappa shape index (κ1) is 12.2. The SMILES string of the molecule is C=N/C(=C(\CC(C)=N)OC)c1cnn(C)c1. The van der Waals surface area contributed by atoms with Crippen molar-refractivity contribution in [2.75, 3.05) is 7.11 Å². The second kappa shape index (κ2) is 5.25. The number of aromatic nitrogens is 2. The highest BCUT2D eigenvalue weighted by atomic mass is 16.5. The van der Waals surface area contributed by atoms with E-state index in [1.165, 1.54) is 0 Å². The van der Waals surface area contributed by atoms with Crippen LogP contribution in [0.4, 0.5) is 0 Å². The second-order valence-electron chi connectivity index (χ2n) is 3.49. The lowest BCUT2D eigenvalue weighted by molar-refractivity contribution is 0.289. The highest BCUT2D eigenvalue weighted by Crippen LogP contribution is 2.22. The Hall–Kier alpha value is -1.91. The van der Waals surface area contributed by atoms with Crippen LogP contribution >= 0.6 is 0 Å². The number of methoxy groups -OCH3 is 1. The molecule has 5 nitrogen and oxygen atoms in total. The van der Waals surface area contributed by atoms with Gasteiger partial charge in [0.2, 0.25) is 0 Å². The third kappa shape index (κ3) is 2.79. The summed E-state index contributed by atoms with van der Waals surface area (Å²) in [6.07, 6.45) is 3.96. The van der Waals surface area contributed by atoms with Crippen LogP contribution in [0.25, 0.3) is 5.70 Å². The van der Waals surface area contributed by atoms with E-state index in [0.717, 1.165) is 5.56 Å². The van der Waals surface area contributed by atoms with Crippen molar-refractivity contribution in [1.82, 2.24) is 9.78 Å². The lowest BCUT2D eigenvalue weighted by Crippen LogP contribution is -1.98. The molecule has 0 bridgehead atoms. The molecule has 86 valence electrons. The van der Waals surface area contributed by atoms with Crippen molar-refractivity contribution in [3.8, 4) is 0 Å². The van der Waals surface area contributed by atoms with Gasteiger partial charge in [-0.3, -0.25) is 9.67 Å². The zero-order chi connectivity index (χ0) is 12.1. The standard InChI is InChI=1S/C11H16N4O/c1-8(12)5-10(16-4)11(13-2)9-6-14-15(3)7-9/h6-7,12H,2,5H2,1,3-4H3/b11-10+,12-8?. The van der Waals surface area contributed by atoms with E-state index in [1.54, 1.807) is 24.9 Å². The Morgan fingerprint density at radius 1 is 1.69 bits per heavy atom. The number of aryl methyl sites for hydroxylation is 1. The van der Waals surface area contributed by atoms with Gasteiger partial charge in [0.15, 0.2) is 0 Å². The van der Waals surface area contributed by atoms with Crippen LogP contribution in [0, 0.1) is 5.41 Å². The molecule has 0 spiro atoms.